The number of carbonyl (C=O) groups excluding carboxylic acids is 2. The summed E-state index contributed by atoms with van der Waals surface area (Å²) in [6.07, 6.45) is 2.40. The Morgan fingerprint density at radius 1 is 1.00 bits per heavy atom. The van der Waals surface area contributed by atoms with E-state index in [0.29, 0.717) is 10.6 Å². The minimum Gasteiger partial charge on any atom is -0.269 e. The molecule has 0 saturated carbocycles. The van der Waals surface area contributed by atoms with Gasteiger partial charge in [-0.1, -0.05) is 35.3 Å². The van der Waals surface area contributed by atoms with Crippen LogP contribution >= 0.6 is 23.2 Å². The smallest absolute Gasteiger partial charge is 0.255 e. The molecule has 0 bridgehead atoms. The van der Waals surface area contributed by atoms with Crippen molar-refractivity contribution < 1.29 is 9.59 Å². The summed E-state index contributed by atoms with van der Waals surface area (Å²) in [4.78, 5) is 23.7. The standard InChI is InChI=1S/C11H7Cl2NO2/c12-8-3-1-7(2-4-8)11(13)14-9(15)5-6-10(14)16/h1-6,11H. The van der Waals surface area contributed by atoms with Crippen LogP contribution in [0.15, 0.2) is 36.4 Å². The molecule has 0 fully saturated rings. The van der Waals surface area contributed by atoms with Gasteiger partial charge in [0.1, 0.15) is 5.50 Å². The predicted molar refractivity (Wildman–Crippen MR) is 61.0 cm³/mol. The lowest BCUT2D eigenvalue weighted by molar-refractivity contribution is -0.137. The highest BCUT2D eigenvalue weighted by Crippen LogP contribution is 2.28. The lowest BCUT2D eigenvalue weighted by atomic mass is 10.2. The third kappa shape index (κ3) is 1.96. The lowest BCUT2D eigenvalue weighted by Gasteiger charge is -2.20. The summed E-state index contributed by atoms with van der Waals surface area (Å²) in [5.74, 6) is -0.806. The van der Waals surface area contributed by atoms with E-state index >= 15 is 0 Å². The van der Waals surface area contributed by atoms with E-state index < -0.39 is 17.3 Å². The molecule has 1 aliphatic rings. The highest BCUT2D eigenvalue weighted by atomic mass is 35.5. The van der Waals surface area contributed by atoms with Gasteiger partial charge in [0.15, 0.2) is 0 Å². The van der Waals surface area contributed by atoms with Gasteiger partial charge in [0.05, 0.1) is 0 Å². The summed E-state index contributed by atoms with van der Waals surface area (Å²) in [6.45, 7) is 0. The number of amides is 2. The van der Waals surface area contributed by atoms with Crippen LogP contribution in [-0.2, 0) is 9.59 Å². The zero-order valence-electron chi connectivity index (χ0n) is 8.06. The van der Waals surface area contributed by atoms with Gasteiger partial charge in [-0.3, -0.25) is 14.5 Å². The summed E-state index contributed by atoms with van der Waals surface area (Å²) in [5.41, 5.74) is -0.149. The average Bonchev–Trinajstić information content (AvgIpc) is 2.59. The largest absolute Gasteiger partial charge is 0.269 e. The first-order valence-electron chi connectivity index (χ1n) is 4.54. The van der Waals surface area contributed by atoms with Gasteiger partial charge in [-0.2, -0.15) is 0 Å². The third-order valence-electron chi connectivity index (χ3n) is 2.22. The number of rotatable bonds is 2. The van der Waals surface area contributed by atoms with Crippen molar-refractivity contribution >= 4 is 35.0 Å². The zero-order chi connectivity index (χ0) is 11.7. The van der Waals surface area contributed by atoms with Crippen LogP contribution in [0.5, 0.6) is 0 Å². The average molecular weight is 256 g/mol. The molecule has 3 nitrogen and oxygen atoms in total. The van der Waals surface area contributed by atoms with Crippen molar-refractivity contribution in [3.8, 4) is 0 Å². The normalized spacial score (nSPS) is 17.0. The van der Waals surface area contributed by atoms with E-state index in [2.05, 4.69) is 0 Å². The van der Waals surface area contributed by atoms with Gasteiger partial charge >= 0.3 is 0 Å². The predicted octanol–water partition coefficient (Wildman–Crippen LogP) is 2.50. The molecule has 16 heavy (non-hydrogen) atoms. The third-order valence-corrected chi connectivity index (χ3v) is 2.91. The monoisotopic (exact) mass is 255 g/mol. The van der Waals surface area contributed by atoms with Gasteiger partial charge in [-0.05, 0) is 17.7 Å². The Morgan fingerprint density at radius 2 is 1.50 bits per heavy atom. The van der Waals surface area contributed by atoms with Crippen molar-refractivity contribution in [1.29, 1.82) is 0 Å². The number of hydrogen-bond donors (Lipinski definition) is 0. The second kappa shape index (κ2) is 4.28. The van der Waals surface area contributed by atoms with Crippen LogP contribution in [0, 0.1) is 0 Å². The Morgan fingerprint density at radius 3 is 2.00 bits per heavy atom. The minimum absolute atomic E-state index is 0.403. The summed E-state index contributed by atoms with van der Waals surface area (Å²) in [7, 11) is 0. The second-order valence-electron chi connectivity index (χ2n) is 3.27. The van der Waals surface area contributed by atoms with Crippen molar-refractivity contribution in [2.24, 2.45) is 0 Å². The van der Waals surface area contributed by atoms with E-state index in [4.69, 9.17) is 23.2 Å². The molecular weight excluding hydrogens is 249 g/mol. The number of halogens is 2. The Kier molecular flexibility index (Phi) is 2.99. The number of alkyl halides is 1. The molecule has 0 aromatic heterocycles. The number of carbonyl (C=O) groups is 2. The lowest BCUT2D eigenvalue weighted by Crippen LogP contribution is -2.31. The van der Waals surface area contributed by atoms with Crippen LogP contribution < -0.4 is 0 Å². The van der Waals surface area contributed by atoms with Crippen molar-refractivity contribution in [2.45, 2.75) is 5.50 Å². The molecular formula is C11H7Cl2NO2. The molecule has 5 heteroatoms. The Labute approximate surface area is 102 Å². The Hall–Kier alpha value is -1.32. The molecule has 1 unspecified atom stereocenters. The van der Waals surface area contributed by atoms with Gasteiger partial charge in [0.2, 0.25) is 0 Å². The van der Waals surface area contributed by atoms with E-state index in [-0.39, 0.29) is 0 Å². The van der Waals surface area contributed by atoms with Gasteiger partial charge in [-0.15, -0.1) is 0 Å². The molecule has 1 aliphatic heterocycles. The molecule has 2 amide bonds. The van der Waals surface area contributed by atoms with Crippen molar-refractivity contribution in [3.05, 3.63) is 47.0 Å². The first kappa shape index (κ1) is 11.2. The van der Waals surface area contributed by atoms with Gasteiger partial charge < -0.3 is 0 Å². The summed E-state index contributed by atoms with van der Waals surface area (Å²) < 4.78 is 0. The number of nitrogens with zero attached hydrogens (tertiary/aromatic N) is 1. The van der Waals surface area contributed by atoms with Crippen LogP contribution in [0.2, 0.25) is 5.02 Å². The topological polar surface area (TPSA) is 37.4 Å². The number of benzene rings is 1. The van der Waals surface area contributed by atoms with Crippen LogP contribution in [0.1, 0.15) is 11.1 Å². The molecule has 2 rings (SSSR count). The molecule has 1 atom stereocenters. The molecule has 0 spiro atoms. The van der Waals surface area contributed by atoms with Gasteiger partial charge in [0.25, 0.3) is 11.8 Å². The quantitative estimate of drug-likeness (QED) is 0.463. The summed E-state index contributed by atoms with van der Waals surface area (Å²) in [5, 5.41) is 0.574. The fraction of sp³-hybridized carbons (Fsp3) is 0.0909. The van der Waals surface area contributed by atoms with Crippen molar-refractivity contribution in [1.82, 2.24) is 4.90 Å². The highest BCUT2D eigenvalue weighted by molar-refractivity contribution is 6.30. The SMILES string of the molecule is O=C1C=CC(=O)N1C(Cl)c1ccc(Cl)cc1. The van der Waals surface area contributed by atoms with E-state index in [0.717, 1.165) is 4.90 Å². The highest BCUT2D eigenvalue weighted by Gasteiger charge is 2.30. The minimum atomic E-state index is -0.799. The van der Waals surface area contributed by atoms with Crippen molar-refractivity contribution in [3.63, 3.8) is 0 Å². The second-order valence-corrected chi connectivity index (χ2v) is 4.12. The van der Waals surface area contributed by atoms with E-state index in [1.807, 2.05) is 0 Å². The number of imide groups is 1. The van der Waals surface area contributed by atoms with Crippen LogP contribution in [0.25, 0.3) is 0 Å². The fourth-order valence-electron chi connectivity index (χ4n) is 1.41. The first-order valence-corrected chi connectivity index (χ1v) is 5.36. The van der Waals surface area contributed by atoms with Crippen LogP contribution in [0.4, 0.5) is 0 Å². The van der Waals surface area contributed by atoms with Crippen LogP contribution in [-0.4, -0.2) is 16.7 Å². The molecule has 1 aromatic rings. The first-order chi connectivity index (χ1) is 7.59. The fourth-order valence-corrected chi connectivity index (χ4v) is 1.87. The molecule has 82 valence electrons. The van der Waals surface area contributed by atoms with Gasteiger partial charge in [0, 0.05) is 17.2 Å². The maximum atomic E-state index is 11.4. The molecule has 1 heterocycles. The molecule has 0 radical (unpaired) electrons. The van der Waals surface area contributed by atoms with E-state index in [1.165, 1.54) is 12.2 Å². The molecule has 0 N–H and O–H groups in total. The molecule has 0 saturated heterocycles. The summed E-state index contributed by atoms with van der Waals surface area (Å²) in [6, 6.07) is 6.67. The summed E-state index contributed by atoms with van der Waals surface area (Å²) >= 11 is 11.8. The maximum absolute atomic E-state index is 11.4. The van der Waals surface area contributed by atoms with Gasteiger partial charge in [-0.25, -0.2) is 0 Å². The van der Waals surface area contributed by atoms with Crippen molar-refractivity contribution in [2.75, 3.05) is 0 Å². The van der Waals surface area contributed by atoms with Crippen LogP contribution in [0.3, 0.4) is 0 Å². The Balaban J connectivity index is 2.25. The Bertz CT molecular complexity index is 449. The van der Waals surface area contributed by atoms with E-state index in [1.54, 1.807) is 24.3 Å². The maximum Gasteiger partial charge on any atom is 0.255 e. The zero-order valence-corrected chi connectivity index (χ0v) is 9.57. The molecule has 0 aliphatic carbocycles. The number of hydrogen-bond acceptors (Lipinski definition) is 2. The van der Waals surface area contributed by atoms with E-state index in [9.17, 15) is 9.59 Å². The molecule has 1 aromatic carbocycles.